The summed E-state index contributed by atoms with van der Waals surface area (Å²) in [5, 5.41) is 9.00. The van der Waals surface area contributed by atoms with Gasteiger partial charge in [0.05, 0.1) is 11.4 Å². The van der Waals surface area contributed by atoms with Crippen LogP contribution in [0.25, 0.3) is 0 Å². The summed E-state index contributed by atoms with van der Waals surface area (Å²) < 4.78 is 22.5. The molecule has 4 nitrogen and oxygen atoms in total. The first-order chi connectivity index (χ1) is 6.39. The molecule has 1 rings (SSSR count). The standard InChI is InChI=1S/C9H19NO3S/c1-8(11)7-10-5-3-9(4-6-10)14(2,12)13/h8-9,11H,3-7H2,1-2H3/t8-/m1/s1. The number of piperidine rings is 1. The summed E-state index contributed by atoms with van der Waals surface area (Å²) in [4.78, 5) is 2.12. The molecule has 0 amide bonds. The minimum atomic E-state index is -2.87. The highest BCUT2D eigenvalue weighted by atomic mass is 32.2. The number of nitrogens with zero attached hydrogens (tertiary/aromatic N) is 1. The van der Waals surface area contributed by atoms with Gasteiger partial charge >= 0.3 is 0 Å². The zero-order valence-corrected chi connectivity index (χ0v) is 9.63. The summed E-state index contributed by atoms with van der Waals surface area (Å²) in [5.74, 6) is 0. The van der Waals surface area contributed by atoms with Crippen molar-refractivity contribution in [1.29, 1.82) is 0 Å². The lowest BCUT2D eigenvalue weighted by molar-refractivity contribution is 0.114. The Labute approximate surface area is 85.8 Å². The molecule has 1 heterocycles. The summed E-state index contributed by atoms with van der Waals surface area (Å²) in [7, 11) is -2.87. The Morgan fingerprint density at radius 2 is 1.93 bits per heavy atom. The van der Waals surface area contributed by atoms with Crippen LogP contribution >= 0.6 is 0 Å². The van der Waals surface area contributed by atoms with Crippen molar-refractivity contribution in [3.05, 3.63) is 0 Å². The fourth-order valence-electron chi connectivity index (χ4n) is 1.89. The van der Waals surface area contributed by atoms with Crippen LogP contribution in [0.4, 0.5) is 0 Å². The smallest absolute Gasteiger partial charge is 0.150 e. The first-order valence-electron chi connectivity index (χ1n) is 4.99. The number of likely N-dealkylation sites (tertiary alicyclic amines) is 1. The number of aliphatic hydroxyl groups excluding tert-OH is 1. The third-order valence-electron chi connectivity index (χ3n) is 2.66. The Morgan fingerprint density at radius 3 is 2.29 bits per heavy atom. The van der Waals surface area contributed by atoms with E-state index >= 15 is 0 Å². The molecule has 0 aromatic carbocycles. The molecule has 1 atom stereocenters. The third-order valence-corrected chi connectivity index (χ3v) is 4.34. The zero-order chi connectivity index (χ0) is 10.8. The van der Waals surface area contributed by atoms with E-state index < -0.39 is 9.84 Å². The molecule has 0 unspecified atom stereocenters. The number of aliphatic hydroxyl groups is 1. The van der Waals surface area contributed by atoms with Gasteiger partial charge in [0.25, 0.3) is 0 Å². The van der Waals surface area contributed by atoms with E-state index in [9.17, 15) is 13.5 Å². The summed E-state index contributed by atoms with van der Waals surface area (Å²) in [6, 6.07) is 0. The maximum atomic E-state index is 11.2. The highest BCUT2D eigenvalue weighted by Crippen LogP contribution is 2.16. The molecule has 1 fully saturated rings. The summed E-state index contributed by atoms with van der Waals surface area (Å²) in [5.41, 5.74) is 0. The van der Waals surface area contributed by atoms with E-state index in [1.807, 2.05) is 0 Å². The molecule has 0 radical (unpaired) electrons. The normalized spacial score (nSPS) is 23.6. The lowest BCUT2D eigenvalue weighted by Crippen LogP contribution is -2.41. The predicted molar refractivity (Wildman–Crippen MR) is 56.0 cm³/mol. The molecule has 0 spiro atoms. The van der Waals surface area contributed by atoms with Gasteiger partial charge in [0, 0.05) is 12.8 Å². The number of sulfone groups is 1. The maximum absolute atomic E-state index is 11.2. The molecule has 1 saturated heterocycles. The highest BCUT2D eigenvalue weighted by Gasteiger charge is 2.26. The van der Waals surface area contributed by atoms with Crippen LogP contribution in [0.15, 0.2) is 0 Å². The van der Waals surface area contributed by atoms with E-state index in [4.69, 9.17) is 0 Å². The number of β-amino-alcohol motifs (C(OH)–C–C–N with tert-alkyl or cyclic N) is 1. The first-order valence-corrected chi connectivity index (χ1v) is 6.94. The van der Waals surface area contributed by atoms with Gasteiger partial charge in [0.15, 0.2) is 0 Å². The molecule has 0 aromatic heterocycles. The maximum Gasteiger partial charge on any atom is 0.150 e. The van der Waals surface area contributed by atoms with E-state index in [0.717, 1.165) is 13.1 Å². The molecule has 84 valence electrons. The zero-order valence-electron chi connectivity index (χ0n) is 8.81. The number of rotatable bonds is 3. The molecular weight excluding hydrogens is 202 g/mol. The molecule has 14 heavy (non-hydrogen) atoms. The Kier molecular flexibility index (Phi) is 3.92. The monoisotopic (exact) mass is 221 g/mol. The topological polar surface area (TPSA) is 57.6 Å². The molecule has 1 aliphatic rings. The van der Waals surface area contributed by atoms with Crippen molar-refractivity contribution in [2.45, 2.75) is 31.1 Å². The minimum Gasteiger partial charge on any atom is -0.392 e. The van der Waals surface area contributed by atoms with Gasteiger partial charge in [-0.1, -0.05) is 0 Å². The van der Waals surface area contributed by atoms with Gasteiger partial charge in [0.1, 0.15) is 9.84 Å². The van der Waals surface area contributed by atoms with Crippen LogP contribution in [-0.4, -0.2) is 55.7 Å². The molecule has 5 heteroatoms. The largest absolute Gasteiger partial charge is 0.392 e. The molecular formula is C9H19NO3S. The third kappa shape index (κ3) is 3.55. The molecule has 0 aliphatic carbocycles. The van der Waals surface area contributed by atoms with Crippen molar-refractivity contribution in [2.24, 2.45) is 0 Å². The van der Waals surface area contributed by atoms with Crippen molar-refractivity contribution in [1.82, 2.24) is 4.90 Å². The van der Waals surface area contributed by atoms with Gasteiger partial charge in [-0.15, -0.1) is 0 Å². The van der Waals surface area contributed by atoms with Crippen LogP contribution in [0.1, 0.15) is 19.8 Å². The quantitative estimate of drug-likeness (QED) is 0.721. The van der Waals surface area contributed by atoms with E-state index in [1.54, 1.807) is 6.92 Å². The van der Waals surface area contributed by atoms with Crippen LogP contribution in [0, 0.1) is 0 Å². The van der Waals surface area contributed by atoms with Gasteiger partial charge in [-0.2, -0.15) is 0 Å². The number of hydrogen-bond acceptors (Lipinski definition) is 4. The van der Waals surface area contributed by atoms with Crippen LogP contribution in [0.2, 0.25) is 0 Å². The lowest BCUT2D eigenvalue weighted by atomic mass is 10.1. The van der Waals surface area contributed by atoms with E-state index in [2.05, 4.69) is 4.90 Å². The van der Waals surface area contributed by atoms with E-state index in [-0.39, 0.29) is 11.4 Å². The van der Waals surface area contributed by atoms with Crippen molar-refractivity contribution >= 4 is 9.84 Å². The Hall–Kier alpha value is -0.130. The molecule has 1 aliphatic heterocycles. The fourth-order valence-corrected chi connectivity index (χ4v) is 2.96. The first kappa shape index (κ1) is 11.9. The SMILES string of the molecule is C[C@@H](O)CN1CCC(S(C)(=O)=O)CC1. The summed E-state index contributed by atoms with van der Waals surface area (Å²) >= 11 is 0. The Balaban J connectivity index is 2.39. The van der Waals surface area contributed by atoms with Crippen molar-refractivity contribution < 1.29 is 13.5 Å². The van der Waals surface area contributed by atoms with Gasteiger partial charge < -0.3 is 10.0 Å². The Bertz CT molecular complexity index is 266. The molecule has 0 saturated carbocycles. The van der Waals surface area contributed by atoms with Crippen LogP contribution < -0.4 is 0 Å². The Morgan fingerprint density at radius 1 is 1.43 bits per heavy atom. The lowest BCUT2D eigenvalue weighted by Gasteiger charge is -2.31. The average molecular weight is 221 g/mol. The summed E-state index contributed by atoms with van der Waals surface area (Å²) in [6.45, 7) is 3.96. The minimum absolute atomic E-state index is 0.173. The number of hydrogen-bond donors (Lipinski definition) is 1. The van der Waals surface area contributed by atoms with Gasteiger partial charge in [-0.3, -0.25) is 0 Å². The van der Waals surface area contributed by atoms with Crippen molar-refractivity contribution in [3.63, 3.8) is 0 Å². The molecule has 1 N–H and O–H groups in total. The highest BCUT2D eigenvalue weighted by molar-refractivity contribution is 7.91. The van der Waals surface area contributed by atoms with Gasteiger partial charge in [-0.25, -0.2) is 8.42 Å². The second kappa shape index (κ2) is 4.59. The predicted octanol–water partition coefficient (Wildman–Crippen LogP) is -0.124. The van der Waals surface area contributed by atoms with Crippen molar-refractivity contribution in [2.75, 3.05) is 25.9 Å². The second-order valence-electron chi connectivity index (χ2n) is 4.18. The van der Waals surface area contributed by atoms with Crippen LogP contribution in [-0.2, 0) is 9.84 Å². The van der Waals surface area contributed by atoms with Gasteiger partial charge in [0.2, 0.25) is 0 Å². The van der Waals surface area contributed by atoms with Crippen LogP contribution in [0.3, 0.4) is 0 Å². The van der Waals surface area contributed by atoms with Crippen molar-refractivity contribution in [3.8, 4) is 0 Å². The van der Waals surface area contributed by atoms with E-state index in [0.29, 0.717) is 19.4 Å². The second-order valence-corrected chi connectivity index (χ2v) is 6.50. The van der Waals surface area contributed by atoms with Gasteiger partial charge in [-0.05, 0) is 32.9 Å². The molecule has 0 aromatic rings. The van der Waals surface area contributed by atoms with Crippen LogP contribution in [0.5, 0.6) is 0 Å². The van der Waals surface area contributed by atoms with E-state index in [1.165, 1.54) is 6.26 Å². The average Bonchev–Trinajstić information content (AvgIpc) is 2.02. The fraction of sp³-hybridized carbons (Fsp3) is 1.00. The summed E-state index contributed by atoms with van der Waals surface area (Å²) in [6.07, 6.45) is 2.38. The molecule has 0 bridgehead atoms.